The third kappa shape index (κ3) is 4.55. The molecule has 0 spiro atoms. The molecule has 0 saturated heterocycles. The third-order valence-corrected chi connectivity index (χ3v) is 12.9. The van der Waals surface area contributed by atoms with Gasteiger partial charge in [0.2, 0.25) is 5.95 Å². The highest BCUT2D eigenvalue weighted by Crippen LogP contribution is 2.46. The summed E-state index contributed by atoms with van der Waals surface area (Å²) in [5, 5.41) is 13.2. The van der Waals surface area contributed by atoms with Crippen LogP contribution in [0, 0.1) is 0 Å². The number of hydrogen-bond acceptors (Lipinski definition) is 3. The van der Waals surface area contributed by atoms with Gasteiger partial charge in [-0.1, -0.05) is 127 Å². The Kier molecular flexibility index (Phi) is 6.49. The van der Waals surface area contributed by atoms with Gasteiger partial charge < -0.3 is 9.30 Å². The first-order valence-corrected chi connectivity index (χ1v) is 20.7. The summed E-state index contributed by atoms with van der Waals surface area (Å²) in [5.41, 5.74) is 10.7. The predicted molar refractivity (Wildman–Crippen MR) is 252 cm³/mol. The zero-order valence-electron chi connectivity index (χ0n) is 32.7. The summed E-state index contributed by atoms with van der Waals surface area (Å²) >= 11 is 0. The number of benzene rings is 10. The van der Waals surface area contributed by atoms with E-state index in [2.05, 4.69) is 173 Å². The van der Waals surface area contributed by atoms with Crippen molar-refractivity contribution in [2.75, 3.05) is 0 Å². The molecular weight excluding hydrogens is 745 g/mol. The normalized spacial score (nSPS) is 12.4. The molecule has 0 bridgehead atoms. The Bertz CT molecular complexity index is 4040. The summed E-state index contributed by atoms with van der Waals surface area (Å²) in [7, 11) is 0. The highest BCUT2D eigenvalue weighted by atomic mass is 16.5. The van der Waals surface area contributed by atoms with E-state index in [4.69, 9.17) is 14.7 Å². The minimum atomic E-state index is 0.637. The Hall–Kier alpha value is -8.28. The van der Waals surface area contributed by atoms with E-state index in [9.17, 15) is 0 Å². The van der Waals surface area contributed by atoms with E-state index in [1.165, 1.54) is 59.8 Å². The topological polar surface area (TPSA) is 44.9 Å². The average molecular weight is 777 g/mol. The lowest BCUT2D eigenvalue weighted by Crippen LogP contribution is -2.06. The lowest BCUT2D eigenvalue weighted by molar-refractivity contribution is 0.486. The van der Waals surface area contributed by atoms with Crippen molar-refractivity contribution in [2.24, 2.45) is 0 Å². The number of fused-ring (bicyclic) bond motifs is 13. The van der Waals surface area contributed by atoms with Crippen molar-refractivity contribution >= 4 is 86.8 Å². The Morgan fingerprint density at radius 2 is 0.967 bits per heavy atom. The van der Waals surface area contributed by atoms with Crippen molar-refractivity contribution in [2.45, 2.75) is 0 Å². The quantitative estimate of drug-likeness (QED) is 0.168. The summed E-state index contributed by atoms with van der Waals surface area (Å²) < 4.78 is 11.0. The van der Waals surface area contributed by atoms with Gasteiger partial charge in [0, 0.05) is 32.5 Å². The van der Waals surface area contributed by atoms with Crippen molar-refractivity contribution in [3.05, 3.63) is 194 Å². The zero-order valence-corrected chi connectivity index (χ0v) is 32.7. The lowest BCUT2D eigenvalue weighted by Gasteiger charge is -2.20. The second-order valence-electron chi connectivity index (χ2n) is 16.1. The number of para-hydroxylation sites is 2. The second kappa shape index (κ2) is 12.1. The zero-order chi connectivity index (χ0) is 39.8. The molecule has 0 N–H and O–H groups in total. The van der Waals surface area contributed by atoms with Crippen molar-refractivity contribution < 1.29 is 4.74 Å². The standard InChI is InChI=1S/C56H32N4O/c1-3-14-38-33(11-1)23-24-35-13-9-20-48(52(35)38)59-47-29-27-37(32-43(47)53-39-15-4-2-12-34(39)25-30-49(53)59)36-26-28-46-42(31-36)40-16-5-7-19-45(40)60(46)56-57-44-18-10-22-51-54(44)55(58-56)41-17-6-8-21-50(41)61-51/h1-32H. The molecule has 5 heteroatoms. The van der Waals surface area contributed by atoms with Gasteiger partial charge in [-0.05, 0) is 105 Å². The fourth-order valence-corrected chi connectivity index (χ4v) is 10.2. The van der Waals surface area contributed by atoms with Crippen LogP contribution >= 0.6 is 0 Å². The fourth-order valence-electron chi connectivity index (χ4n) is 10.2. The highest BCUT2D eigenvalue weighted by Gasteiger charge is 2.25. The number of hydrogen-bond donors (Lipinski definition) is 0. The van der Waals surface area contributed by atoms with Gasteiger partial charge in [-0.15, -0.1) is 0 Å². The molecule has 5 nitrogen and oxygen atoms in total. The van der Waals surface area contributed by atoms with Crippen LogP contribution in [-0.2, 0) is 0 Å². The highest BCUT2D eigenvalue weighted by molar-refractivity contribution is 6.23. The Balaban J connectivity index is 1.00. The predicted octanol–water partition coefficient (Wildman–Crippen LogP) is 14.7. The van der Waals surface area contributed by atoms with E-state index >= 15 is 0 Å². The van der Waals surface area contributed by atoms with Crippen LogP contribution in [0.1, 0.15) is 0 Å². The van der Waals surface area contributed by atoms with Crippen molar-refractivity contribution in [3.8, 4) is 45.5 Å². The van der Waals surface area contributed by atoms with Gasteiger partial charge >= 0.3 is 0 Å². The van der Waals surface area contributed by atoms with Crippen molar-refractivity contribution in [1.29, 1.82) is 0 Å². The molecule has 0 unspecified atom stereocenters. The number of nitrogens with zero attached hydrogens (tertiary/aromatic N) is 4. The molecule has 10 aromatic carbocycles. The van der Waals surface area contributed by atoms with Gasteiger partial charge in [0.25, 0.3) is 0 Å². The summed E-state index contributed by atoms with van der Waals surface area (Å²) in [6.07, 6.45) is 0. The molecule has 13 aromatic rings. The first-order valence-electron chi connectivity index (χ1n) is 20.7. The van der Waals surface area contributed by atoms with Crippen LogP contribution in [0.2, 0.25) is 0 Å². The molecule has 0 radical (unpaired) electrons. The second-order valence-corrected chi connectivity index (χ2v) is 16.1. The number of rotatable bonds is 3. The Labute approximate surface area is 348 Å². The minimum absolute atomic E-state index is 0.637. The van der Waals surface area contributed by atoms with Crippen molar-refractivity contribution in [1.82, 2.24) is 19.1 Å². The monoisotopic (exact) mass is 776 g/mol. The molecule has 0 saturated carbocycles. The third-order valence-electron chi connectivity index (χ3n) is 12.9. The summed E-state index contributed by atoms with van der Waals surface area (Å²) in [6.45, 7) is 0. The SMILES string of the molecule is c1ccc2c(c1)Oc1cccc3nc(-n4c5ccccc5c5cc(-c6ccc7c(c6)c6c8ccccc8ccc6n7-c6cccc7ccc8ccccc8c67)ccc54)nc-2c13. The van der Waals surface area contributed by atoms with Gasteiger partial charge in [0.1, 0.15) is 11.5 Å². The molecule has 0 aliphatic carbocycles. The molecular formula is C56H32N4O. The van der Waals surface area contributed by atoms with Crippen LogP contribution in [0.3, 0.4) is 0 Å². The van der Waals surface area contributed by atoms with Gasteiger partial charge in [-0.25, -0.2) is 9.97 Å². The molecule has 3 aromatic heterocycles. The molecule has 4 heterocycles. The van der Waals surface area contributed by atoms with Crippen LogP contribution in [0.4, 0.5) is 0 Å². The number of aromatic nitrogens is 4. The first-order chi connectivity index (χ1) is 30.2. The van der Waals surface area contributed by atoms with Crippen LogP contribution in [0.15, 0.2) is 194 Å². The summed E-state index contributed by atoms with van der Waals surface area (Å²) in [6, 6.07) is 69.9. The maximum absolute atomic E-state index is 6.32. The average Bonchev–Trinajstić information content (AvgIpc) is 3.83. The molecule has 0 amide bonds. The molecule has 282 valence electrons. The molecule has 1 aliphatic rings. The first kappa shape index (κ1) is 32.7. The maximum atomic E-state index is 6.32. The summed E-state index contributed by atoms with van der Waals surface area (Å²) in [4.78, 5) is 10.5. The smallest absolute Gasteiger partial charge is 0.235 e. The van der Waals surface area contributed by atoms with E-state index in [0.717, 1.165) is 66.6 Å². The fraction of sp³-hybridized carbons (Fsp3) is 0. The van der Waals surface area contributed by atoms with E-state index in [1.54, 1.807) is 0 Å². The van der Waals surface area contributed by atoms with Gasteiger partial charge in [0.15, 0.2) is 0 Å². The van der Waals surface area contributed by atoms with Crippen LogP contribution in [0.25, 0.3) is 121 Å². The minimum Gasteiger partial charge on any atom is -0.456 e. The largest absolute Gasteiger partial charge is 0.456 e. The van der Waals surface area contributed by atoms with Gasteiger partial charge in [0.05, 0.1) is 44.4 Å². The lowest BCUT2D eigenvalue weighted by atomic mass is 9.99. The van der Waals surface area contributed by atoms with Crippen LogP contribution in [0.5, 0.6) is 11.5 Å². The summed E-state index contributed by atoms with van der Waals surface area (Å²) in [5.74, 6) is 2.22. The van der Waals surface area contributed by atoms with Gasteiger partial charge in [-0.3, -0.25) is 4.57 Å². The maximum Gasteiger partial charge on any atom is 0.235 e. The van der Waals surface area contributed by atoms with Gasteiger partial charge in [-0.2, -0.15) is 0 Å². The molecule has 1 aliphatic heterocycles. The van der Waals surface area contributed by atoms with E-state index in [-0.39, 0.29) is 0 Å². The molecule has 14 rings (SSSR count). The van der Waals surface area contributed by atoms with Crippen LogP contribution in [-0.4, -0.2) is 19.1 Å². The van der Waals surface area contributed by atoms with E-state index < -0.39 is 0 Å². The Morgan fingerprint density at radius 1 is 0.361 bits per heavy atom. The molecule has 0 atom stereocenters. The van der Waals surface area contributed by atoms with Crippen LogP contribution < -0.4 is 4.74 Å². The Morgan fingerprint density at radius 3 is 1.82 bits per heavy atom. The van der Waals surface area contributed by atoms with E-state index in [1.807, 2.05) is 30.3 Å². The molecule has 0 fully saturated rings. The number of ether oxygens (including phenoxy) is 1. The molecule has 61 heavy (non-hydrogen) atoms. The van der Waals surface area contributed by atoms with E-state index in [0.29, 0.717) is 5.95 Å². The van der Waals surface area contributed by atoms with Crippen molar-refractivity contribution in [3.63, 3.8) is 0 Å².